The zero-order chi connectivity index (χ0) is 16.2. The molecule has 0 aromatic rings. The van der Waals surface area contributed by atoms with Gasteiger partial charge in [0.25, 0.3) is 0 Å². The van der Waals surface area contributed by atoms with E-state index in [2.05, 4.69) is 9.22 Å². The van der Waals surface area contributed by atoms with Gasteiger partial charge < -0.3 is 0 Å². The Morgan fingerprint density at radius 1 is 0.600 bits per heavy atom. The predicted molar refractivity (Wildman–Crippen MR) is 47.6 cm³/mol. The van der Waals surface area contributed by atoms with Crippen molar-refractivity contribution in [1.29, 1.82) is 0 Å². The third kappa shape index (κ3) is 11.8. The van der Waals surface area contributed by atoms with Crippen molar-refractivity contribution in [3.8, 4) is 0 Å². The van der Waals surface area contributed by atoms with Gasteiger partial charge in [-0.25, -0.2) is 0 Å². The molecule has 0 rings (SSSR count). The number of hydrogen-bond donors (Lipinski definition) is 0. The fourth-order valence-corrected chi connectivity index (χ4v) is 5.12. The molecule has 0 bridgehead atoms. The van der Waals surface area contributed by atoms with Crippen molar-refractivity contribution in [1.82, 2.24) is 0 Å². The summed E-state index contributed by atoms with van der Waals surface area (Å²) in [5.74, 6) is 0. The molecule has 0 saturated carbocycles. The summed E-state index contributed by atoms with van der Waals surface area (Å²) < 4.78 is 119. The van der Waals surface area contributed by atoms with Gasteiger partial charge in [0.05, 0.1) is 0 Å². The molecule has 20 heavy (non-hydrogen) atoms. The maximum absolute atomic E-state index is 11.9. The summed E-state index contributed by atoms with van der Waals surface area (Å²) in [5, 5.41) is 0. The van der Waals surface area contributed by atoms with Gasteiger partial charge in [0, 0.05) is 0 Å². The van der Waals surface area contributed by atoms with Crippen molar-refractivity contribution in [3.05, 3.63) is 0 Å². The summed E-state index contributed by atoms with van der Waals surface area (Å²) in [6.45, 7) is -6.14. The third-order valence-corrected chi connectivity index (χ3v) is 7.22. The topological polar surface area (TPSA) is 27.7 Å². The van der Waals surface area contributed by atoms with Crippen LogP contribution in [0.2, 0.25) is 4.94 Å². The molecule has 0 fully saturated rings. The van der Waals surface area contributed by atoms with E-state index < -0.39 is 58.0 Å². The maximum atomic E-state index is 11.9. The first-order valence-electron chi connectivity index (χ1n) is 4.74. The Morgan fingerprint density at radius 2 is 0.800 bits per heavy atom. The molecular weight excluding hydrogens is 422 g/mol. The van der Waals surface area contributed by atoms with Crippen LogP contribution < -0.4 is 0 Å². The molecule has 0 spiro atoms. The van der Waals surface area contributed by atoms with Crippen LogP contribution in [0, 0.1) is 0 Å². The summed E-state index contributed by atoms with van der Waals surface area (Å²) >= 11 is -5.56. The Bertz CT molecular complexity index is 252. The predicted octanol–water partition coefficient (Wildman–Crippen LogP) is 3.29. The zero-order valence-electron chi connectivity index (χ0n) is 9.75. The van der Waals surface area contributed by atoms with E-state index in [4.69, 9.17) is 0 Å². The molecular formula is C7H9F9O3Sn. The van der Waals surface area contributed by atoms with Crippen LogP contribution in [-0.2, 0) is 9.22 Å². The normalized spacial score (nSPS) is 14.7. The fourth-order valence-electron chi connectivity index (χ4n) is 0.764. The van der Waals surface area contributed by atoms with Crippen molar-refractivity contribution >= 4 is 19.6 Å². The van der Waals surface area contributed by atoms with E-state index >= 15 is 0 Å². The Morgan fingerprint density at radius 3 is 0.950 bits per heavy atom. The van der Waals surface area contributed by atoms with Crippen molar-refractivity contribution in [3.63, 3.8) is 0 Å². The second kappa shape index (κ2) is 6.87. The number of halogens is 9. The molecule has 3 nitrogen and oxygen atoms in total. The first kappa shape index (κ1) is 20.0. The molecule has 0 heterocycles. The zero-order valence-corrected chi connectivity index (χ0v) is 12.6. The molecule has 0 aromatic heterocycles. The summed E-state index contributed by atoms with van der Waals surface area (Å²) in [4.78, 5) is 0.581. The molecule has 0 atom stereocenters. The van der Waals surface area contributed by atoms with Gasteiger partial charge in [-0.2, -0.15) is 0 Å². The van der Waals surface area contributed by atoms with E-state index in [1.165, 1.54) is 0 Å². The van der Waals surface area contributed by atoms with Gasteiger partial charge in [-0.15, -0.1) is 0 Å². The van der Waals surface area contributed by atoms with Crippen molar-refractivity contribution < 1.29 is 48.7 Å². The molecule has 0 aliphatic rings. The van der Waals surface area contributed by atoms with Gasteiger partial charge in [0.15, 0.2) is 0 Å². The molecule has 0 aliphatic carbocycles. The van der Waals surface area contributed by atoms with Gasteiger partial charge >= 0.3 is 112 Å². The molecule has 0 unspecified atom stereocenters. The first-order chi connectivity index (χ1) is 8.62. The number of rotatable bonds is 6. The second-order valence-electron chi connectivity index (χ2n) is 3.57. The van der Waals surface area contributed by atoms with E-state index in [1.807, 2.05) is 0 Å². The Labute approximate surface area is 112 Å². The molecule has 0 radical (unpaired) electrons. The van der Waals surface area contributed by atoms with Gasteiger partial charge in [-0.3, -0.25) is 0 Å². The van der Waals surface area contributed by atoms with Crippen LogP contribution in [0.15, 0.2) is 0 Å². The van der Waals surface area contributed by atoms with E-state index in [-0.39, 0.29) is 0 Å². The van der Waals surface area contributed by atoms with E-state index in [0.717, 1.165) is 0 Å². The van der Waals surface area contributed by atoms with Crippen molar-refractivity contribution in [2.24, 2.45) is 0 Å². The standard InChI is InChI=1S/3C2H2F3O.CH3.Sn/c3*3-2(4,5)1-6;;/h3*1H2;1H3;/q3*-1;;+3. The average molecular weight is 431 g/mol. The van der Waals surface area contributed by atoms with Crippen LogP contribution in [-0.4, -0.2) is 58.0 Å². The molecule has 13 heteroatoms. The van der Waals surface area contributed by atoms with Crippen LogP contribution in [0.3, 0.4) is 0 Å². The Balaban J connectivity index is 4.66. The van der Waals surface area contributed by atoms with E-state index in [1.54, 1.807) is 0 Å². The van der Waals surface area contributed by atoms with E-state index in [0.29, 0.717) is 4.94 Å². The van der Waals surface area contributed by atoms with Crippen LogP contribution in [0.4, 0.5) is 39.5 Å². The van der Waals surface area contributed by atoms with Crippen LogP contribution >= 0.6 is 0 Å². The Kier molecular flexibility index (Phi) is 6.89. The summed E-state index contributed by atoms with van der Waals surface area (Å²) in [5.41, 5.74) is 0. The minimum absolute atomic E-state index is 0.581. The van der Waals surface area contributed by atoms with Crippen LogP contribution in [0.25, 0.3) is 0 Å². The Hall–Kier alpha value is 0.0487. The average Bonchev–Trinajstić information content (AvgIpc) is 2.18. The quantitative estimate of drug-likeness (QED) is 0.478. The fraction of sp³-hybridized carbons (Fsp3) is 1.00. The summed E-state index contributed by atoms with van der Waals surface area (Å²) in [7, 11) is 0. The second-order valence-corrected chi connectivity index (χ2v) is 11.0. The van der Waals surface area contributed by atoms with Gasteiger partial charge in [0.1, 0.15) is 0 Å². The van der Waals surface area contributed by atoms with Gasteiger partial charge in [-0.05, 0) is 0 Å². The van der Waals surface area contributed by atoms with Crippen LogP contribution in [0.1, 0.15) is 0 Å². The van der Waals surface area contributed by atoms with Crippen LogP contribution in [0.5, 0.6) is 0 Å². The monoisotopic (exact) mass is 432 g/mol. The first-order valence-corrected chi connectivity index (χ1v) is 11.1. The van der Waals surface area contributed by atoms with E-state index in [9.17, 15) is 39.5 Å². The summed E-state index contributed by atoms with van der Waals surface area (Å²) in [6, 6.07) is 0. The molecule has 122 valence electrons. The molecule has 0 N–H and O–H groups in total. The van der Waals surface area contributed by atoms with Gasteiger partial charge in [0.2, 0.25) is 0 Å². The molecule has 0 saturated heterocycles. The number of alkyl halides is 9. The number of hydrogen-bond acceptors (Lipinski definition) is 3. The molecule has 0 aliphatic heterocycles. The SMILES string of the molecule is [CH3][Sn]([O]CC(F)(F)F)([O]CC(F)(F)F)[O]CC(F)(F)F. The molecule has 0 amide bonds. The molecule has 0 aromatic carbocycles. The minimum atomic E-state index is -5.56. The summed E-state index contributed by atoms with van der Waals surface area (Å²) in [6.07, 6.45) is -14.8. The van der Waals surface area contributed by atoms with Gasteiger partial charge in [-0.1, -0.05) is 0 Å². The third-order valence-electron chi connectivity index (χ3n) is 1.49. The van der Waals surface area contributed by atoms with Crippen molar-refractivity contribution in [2.75, 3.05) is 19.8 Å². The van der Waals surface area contributed by atoms with Crippen molar-refractivity contribution in [2.45, 2.75) is 23.5 Å².